The van der Waals surface area contributed by atoms with Gasteiger partial charge in [0, 0.05) is 30.1 Å². The number of pyridine rings is 1. The standard InChI is InChI=1S/C15H18N4O3.Li/c1-16-7-10(20)8-19-14(15(21)22)12-3-2-9-6-17-5-4-11(9)13(12)18-19;/h4-6,10,16,20H,2-3,7-8H2,1H3,(H,21,22);/q;+1/p-1. The minimum Gasteiger partial charge on any atom is -0.543 e. The van der Waals surface area contributed by atoms with Gasteiger partial charge in [-0.3, -0.25) is 9.67 Å². The van der Waals surface area contributed by atoms with Crippen LogP contribution in [-0.4, -0.2) is 45.5 Å². The normalized spacial score (nSPS) is 13.7. The van der Waals surface area contributed by atoms with E-state index in [1.165, 1.54) is 4.68 Å². The summed E-state index contributed by atoms with van der Waals surface area (Å²) in [5.41, 5.74) is 3.35. The van der Waals surface area contributed by atoms with Crippen LogP contribution in [0.5, 0.6) is 0 Å². The van der Waals surface area contributed by atoms with E-state index < -0.39 is 12.1 Å². The second-order valence-corrected chi connectivity index (χ2v) is 5.39. The van der Waals surface area contributed by atoms with Crippen LogP contribution in [0.15, 0.2) is 18.5 Å². The Morgan fingerprint density at radius 3 is 3.00 bits per heavy atom. The molecule has 8 heteroatoms. The van der Waals surface area contributed by atoms with Crippen molar-refractivity contribution in [3.05, 3.63) is 35.3 Å². The molecular formula is C15H17LiN4O3. The van der Waals surface area contributed by atoms with Crippen molar-refractivity contribution in [1.82, 2.24) is 20.1 Å². The van der Waals surface area contributed by atoms with Crippen molar-refractivity contribution < 1.29 is 33.9 Å². The number of aromatic carboxylic acids is 1. The van der Waals surface area contributed by atoms with Gasteiger partial charge in [-0.1, -0.05) is 0 Å². The van der Waals surface area contributed by atoms with Crippen molar-refractivity contribution >= 4 is 5.97 Å². The molecule has 0 spiro atoms. The molecule has 0 amide bonds. The van der Waals surface area contributed by atoms with Crippen molar-refractivity contribution in [3.63, 3.8) is 0 Å². The second kappa shape index (κ2) is 7.28. The van der Waals surface area contributed by atoms with Crippen molar-refractivity contribution in [3.8, 4) is 11.3 Å². The molecule has 116 valence electrons. The molecule has 3 rings (SSSR count). The Balaban J connectivity index is 0.00000192. The zero-order valence-corrected chi connectivity index (χ0v) is 13.2. The smallest absolute Gasteiger partial charge is 0.543 e. The van der Waals surface area contributed by atoms with E-state index >= 15 is 0 Å². The van der Waals surface area contributed by atoms with E-state index in [4.69, 9.17) is 0 Å². The molecular weight excluding hydrogens is 291 g/mol. The number of carboxylic acid groups (broad SMARTS) is 1. The number of carbonyl (C=O) groups excluding carboxylic acids is 1. The van der Waals surface area contributed by atoms with Gasteiger partial charge in [-0.15, -0.1) is 0 Å². The molecule has 23 heavy (non-hydrogen) atoms. The Morgan fingerprint density at radius 1 is 1.52 bits per heavy atom. The molecule has 0 saturated carbocycles. The number of aliphatic hydroxyl groups excluding tert-OH is 1. The Morgan fingerprint density at radius 2 is 2.30 bits per heavy atom. The summed E-state index contributed by atoms with van der Waals surface area (Å²) in [6.45, 7) is 0.467. The number of aryl methyl sites for hydroxylation is 1. The molecule has 0 fully saturated rings. The van der Waals surface area contributed by atoms with Crippen LogP contribution in [0.25, 0.3) is 11.3 Å². The van der Waals surface area contributed by atoms with Crippen molar-refractivity contribution in [2.45, 2.75) is 25.5 Å². The van der Waals surface area contributed by atoms with Gasteiger partial charge in [0.25, 0.3) is 0 Å². The van der Waals surface area contributed by atoms with Crippen molar-refractivity contribution in [2.75, 3.05) is 13.6 Å². The first-order valence-electron chi connectivity index (χ1n) is 7.18. The van der Waals surface area contributed by atoms with Crippen LogP contribution >= 0.6 is 0 Å². The summed E-state index contributed by atoms with van der Waals surface area (Å²) in [6, 6.07) is 1.84. The molecule has 2 aromatic rings. The van der Waals surface area contributed by atoms with Crippen LogP contribution < -0.4 is 29.3 Å². The maximum atomic E-state index is 11.5. The second-order valence-electron chi connectivity index (χ2n) is 5.39. The largest absolute Gasteiger partial charge is 1.00 e. The Labute approximate surface area is 145 Å². The summed E-state index contributed by atoms with van der Waals surface area (Å²) in [7, 11) is 1.72. The molecule has 1 atom stereocenters. The number of rotatable bonds is 5. The average Bonchev–Trinajstić information content (AvgIpc) is 2.85. The van der Waals surface area contributed by atoms with E-state index in [2.05, 4.69) is 15.4 Å². The van der Waals surface area contributed by atoms with E-state index in [0.29, 0.717) is 24.2 Å². The fraction of sp³-hybridized carbons (Fsp3) is 0.400. The molecule has 2 N–H and O–H groups in total. The first-order valence-corrected chi connectivity index (χ1v) is 7.18. The first-order chi connectivity index (χ1) is 10.6. The van der Waals surface area contributed by atoms with Gasteiger partial charge in [0.05, 0.1) is 30.0 Å². The predicted octanol–water partition coefficient (Wildman–Crippen LogP) is -4.01. The van der Waals surface area contributed by atoms with Crippen LogP contribution in [0.4, 0.5) is 0 Å². The number of aromatic nitrogens is 3. The maximum Gasteiger partial charge on any atom is 1.00 e. The van der Waals surface area contributed by atoms with E-state index in [1.54, 1.807) is 19.4 Å². The maximum absolute atomic E-state index is 11.5. The van der Waals surface area contributed by atoms with Gasteiger partial charge in [0.15, 0.2) is 0 Å². The molecule has 2 heterocycles. The van der Waals surface area contributed by atoms with Gasteiger partial charge >= 0.3 is 18.9 Å². The van der Waals surface area contributed by atoms with Crippen LogP contribution in [0.2, 0.25) is 0 Å². The van der Waals surface area contributed by atoms with E-state index in [9.17, 15) is 15.0 Å². The summed E-state index contributed by atoms with van der Waals surface area (Å²) < 4.78 is 1.34. The van der Waals surface area contributed by atoms with Crippen LogP contribution in [0.3, 0.4) is 0 Å². The fourth-order valence-corrected chi connectivity index (χ4v) is 2.93. The fourth-order valence-electron chi connectivity index (χ4n) is 2.93. The first kappa shape index (κ1) is 17.7. The van der Waals surface area contributed by atoms with Gasteiger partial charge in [0.1, 0.15) is 0 Å². The average molecular weight is 308 g/mol. The number of nitrogens with one attached hydrogen (secondary N) is 1. The molecule has 2 aromatic heterocycles. The van der Waals surface area contributed by atoms with Crippen LogP contribution in [-0.2, 0) is 19.4 Å². The minimum absolute atomic E-state index is 0. The van der Waals surface area contributed by atoms with Gasteiger partial charge in [0.2, 0.25) is 0 Å². The quantitative estimate of drug-likeness (QED) is 0.546. The number of carbonyl (C=O) groups is 1. The molecule has 1 unspecified atom stereocenters. The Bertz CT molecular complexity index is 717. The molecule has 0 bridgehead atoms. The van der Waals surface area contributed by atoms with Gasteiger partial charge in [-0.2, -0.15) is 5.10 Å². The van der Waals surface area contributed by atoms with E-state index in [1.807, 2.05) is 6.07 Å². The zero-order valence-electron chi connectivity index (χ0n) is 13.2. The third kappa shape index (κ3) is 3.33. The third-order valence-electron chi connectivity index (χ3n) is 3.87. The van der Waals surface area contributed by atoms with Gasteiger partial charge in [-0.25, -0.2) is 0 Å². The van der Waals surface area contributed by atoms with Crippen LogP contribution in [0, 0.1) is 0 Å². The Kier molecular flexibility index (Phi) is 5.60. The van der Waals surface area contributed by atoms with Crippen LogP contribution in [0.1, 0.15) is 21.6 Å². The Hall–Kier alpha value is -1.65. The monoisotopic (exact) mass is 308 g/mol. The minimum atomic E-state index is -1.26. The molecule has 0 aliphatic heterocycles. The molecule has 1 aliphatic rings. The SMILES string of the molecule is CNCC(O)Cn1nc2c(c1C(=O)[O-])CCc1cnccc1-2.[Li+]. The summed E-state index contributed by atoms with van der Waals surface area (Å²) in [5.74, 6) is -1.26. The summed E-state index contributed by atoms with van der Waals surface area (Å²) in [5, 5.41) is 28.7. The van der Waals surface area contributed by atoms with Crippen molar-refractivity contribution in [1.29, 1.82) is 0 Å². The summed E-state index contributed by atoms with van der Waals surface area (Å²) >= 11 is 0. The topological polar surface area (TPSA) is 103 Å². The van der Waals surface area contributed by atoms with Crippen molar-refractivity contribution in [2.24, 2.45) is 0 Å². The number of fused-ring (bicyclic) bond motifs is 3. The van der Waals surface area contributed by atoms with E-state index in [-0.39, 0.29) is 31.1 Å². The summed E-state index contributed by atoms with van der Waals surface area (Å²) in [4.78, 5) is 15.6. The number of carboxylic acids is 1. The number of hydrogen-bond donors (Lipinski definition) is 2. The molecule has 7 nitrogen and oxygen atoms in total. The van der Waals surface area contributed by atoms with E-state index in [0.717, 1.165) is 17.5 Å². The third-order valence-corrected chi connectivity index (χ3v) is 3.87. The zero-order chi connectivity index (χ0) is 15.7. The summed E-state index contributed by atoms with van der Waals surface area (Å²) in [6.07, 6.45) is 4.04. The van der Waals surface area contributed by atoms with Gasteiger partial charge in [-0.05, 0) is 31.5 Å². The van der Waals surface area contributed by atoms with Gasteiger partial charge < -0.3 is 20.3 Å². The molecule has 0 aromatic carbocycles. The predicted molar refractivity (Wildman–Crippen MR) is 77.1 cm³/mol. The number of likely N-dealkylation sites (N-methyl/N-ethyl adjacent to an activating group) is 1. The number of aliphatic hydroxyl groups is 1. The number of nitrogens with zero attached hydrogens (tertiary/aromatic N) is 3. The molecule has 1 aliphatic carbocycles. The molecule has 0 saturated heterocycles. The molecule has 0 radical (unpaired) electrons. The number of hydrogen-bond acceptors (Lipinski definition) is 6.